The molecule has 2 aromatic carbocycles. The summed E-state index contributed by atoms with van der Waals surface area (Å²) < 4.78 is 16.8. The minimum Gasteiger partial charge on any atom is -0.507 e. The fourth-order valence-electron chi connectivity index (χ4n) is 3.62. The topological polar surface area (TPSA) is 85.2 Å². The van der Waals surface area contributed by atoms with Crippen LogP contribution in [0.1, 0.15) is 52.6 Å². The van der Waals surface area contributed by atoms with E-state index in [-0.39, 0.29) is 22.8 Å². The summed E-state index contributed by atoms with van der Waals surface area (Å²) in [4.78, 5) is 12.5. The monoisotopic (exact) mass is 368 g/mol. The van der Waals surface area contributed by atoms with E-state index in [0.717, 1.165) is 5.56 Å². The third-order valence-electron chi connectivity index (χ3n) is 4.88. The summed E-state index contributed by atoms with van der Waals surface area (Å²) in [5.74, 6) is -0.288. The van der Waals surface area contributed by atoms with Crippen LogP contribution < -0.4 is 9.47 Å². The zero-order valence-corrected chi connectivity index (χ0v) is 15.5. The molecule has 2 aliphatic heterocycles. The number of aromatic hydroxyl groups is 2. The lowest BCUT2D eigenvalue weighted by Crippen LogP contribution is -2.28. The first-order valence-electron chi connectivity index (χ1n) is 8.59. The molecule has 6 nitrogen and oxygen atoms in total. The van der Waals surface area contributed by atoms with Crippen LogP contribution in [0.25, 0.3) is 6.08 Å². The highest BCUT2D eigenvalue weighted by Crippen LogP contribution is 2.51. The predicted octanol–water partition coefficient (Wildman–Crippen LogP) is 3.86. The molecule has 6 heteroatoms. The second kappa shape index (κ2) is 5.67. The molecule has 2 aliphatic rings. The summed E-state index contributed by atoms with van der Waals surface area (Å²) in [6.45, 7) is 5.56. The second-order valence-corrected chi connectivity index (χ2v) is 7.28. The minimum atomic E-state index is -0.889. The van der Waals surface area contributed by atoms with E-state index >= 15 is 0 Å². The first-order chi connectivity index (χ1) is 12.7. The number of aryl methyl sites for hydroxylation is 1. The number of hydrogen-bond acceptors (Lipinski definition) is 6. The lowest BCUT2D eigenvalue weighted by atomic mass is 9.92. The van der Waals surface area contributed by atoms with Gasteiger partial charge in [-0.25, -0.2) is 4.79 Å². The van der Waals surface area contributed by atoms with E-state index in [2.05, 4.69) is 0 Å². The Kier molecular flexibility index (Phi) is 3.63. The number of carbonyl (C=O) groups is 1. The Hall–Kier alpha value is -3.15. The lowest BCUT2D eigenvalue weighted by molar-refractivity contribution is 0.0441. The standard InChI is InChI=1S/C21H20O6/c1-10-9-12-14(16(23)17(10)25-4)20(24)26-19(12)15-13(22)6-5-11-7-8-21(2,3)27-18(11)15/h5-9,19,22-23H,1-4H3. The maximum atomic E-state index is 12.5. The van der Waals surface area contributed by atoms with Crippen molar-refractivity contribution in [1.29, 1.82) is 0 Å². The van der Waals surface area contributed by atoms with Crippen molar-refractivity contribution >= 4 is 12.0 Å². The van der Waals surface area contributed by atoms with E-state index in [1.165, 1.54) is 7.11 Å². The number of cyclic esters (lactones) is 1. The maximum absolute atomic E-state index is 12.5. The molecule has 1 atom stereocenters. The van der Waals surface area contributed by atoms with Gasteiger partial charge < -0.3 is 24.4 Å². The van der Waals surface area contributed by atoms with Crippen LogP contribution >= 0.6 is 0 Å². The Labute approximate surface area is 156 Å². The van der Waals surface area contributed by atoms with Crippen molar-refractivity contribution in [2.24, 2.45) is 0 Å². The van der Waals surface area contributed by atoms with Crippen molar-refractivity contribution in [2.75, 3.05) is 7.11 Å². The summed E-state index contributed by atoms with van der Waals surface area (Å²) in [6.07, 6.45) is 2.95. The van der Waals surface area contributed by atoms with E-state index in [1.807, 2.05) is 26.0 Å². The zero-order chi connectivity index (χ0) is 19.5. The average molecular weight is 368 g/mol. The van der Waals surface area contributed by atoms with Crippen LogP contribution in [0.15, 0.2) is 24.3 Å². The molecule has 0 fully saturated rings. The molecule has 0 aliphatic carbocycles. The number of methoxy groups -OCH3 is 1. The molecule has 2 aromatic rings. The van der Waals surface area contributed by atoms with Gasteiger partial charge in [0, 0.05) is 11.1 Å². The lowest BCUT2D eigenvalue weighted by Gasteiger charge is -2.30. The smallest absolute Gasteiger partial charge is 0.343 e. The number of ether oxygens (including phenoxy) is 3. The number of esters is 1. The van der Waals surface area contributed by atoms with Gasteiger partial charge in [-0.15, -0.1) is 0 Å². The molecule has 140 valence electrons. The van der Waals surface area contributed by atoms with Crippen molar-refractivity contribution in [1.82, 2.24) is 0 Å². The Balaban J connectivity index is 1.95. The number of hydrogen-bond donors (Lipinski definition) is 2. The molecule has 0 radical (unpaired) electrons. The van der Waals surface area contributed by atoms with Crippen LogP contribution in [-0.4, -0.2) is 28.9 Å². The first-order valence-corrected chi connectivity index (χ1v) is 8.59. The Morgan fingerprint density at radius 3 is 2.67 bits per heavy atom. The fourth-order valence-corrected chi connectivity index (χ4v) is 3.62. The van der Waals surface area contributed by atoms with Crippen molar-refractivity contribution in [2.45, 2.75) is 32.5 Å². The van der Waals surface area contributed by atoms with E-state index in [9.17, 15) is 15.0 Å². The van der Waals surface area contributed by atoms with Gasteiger partial charge in [0.2, 0.25) is 0 Å². The van der Waals surface area contributed by atoms with E-state index in [0.29, 0.717) is 22.4 Å². The number of fused-ring (bicyclic) bond motifs is 2. The molecule has 0 saturated carbocycles. The zero-order valence-electron chi connectivity index (χ0n) is 15.5. The van der Waals surface area contributed by atoms with Gasteiger partial charge in [0.1, 0.15) is 22.7 Å². The van der Waals surface area contributed by atoms with Gasteiger partial charge >= 0.3 is 5.97 Å². The highest BCUT2D eigenvalue weighted by molar-refractivity contribution is 5.99. The molecule has 2 heterocycles. The van der Waals surface area contributed by atoms with Crippen LogP contribution in [0.3, 0.4) is 0 Å². The third-order valence-corrected chi connectivity index (χ3v) is 4.88. The van der Waals surface area contributed by atoms with Crippen LogP contribution in [-0.2, 0) is 4.74 Å². The van der Waals surface area contributed by atoms with Gasteiger partial charge in [0.15, 0.2) is 17.6 Å². The fraction of sp³-hybridized carbons (Fsp3) is 0.286. The first kappa shape index (κ1) is 17.3. The number of phenols is 2. The van der Waals surface area contributed by atoms with E-state index in [1.54, 1.807) is 25.1 Å². The van der Waals surface area contributed by atoms with Crippen LogP contribution in [0.2, 0.25) is 0 Å². The van der Waals surface area contributed by atoms with Gasteiger partial charge in [0.05, 0.1) is 12.7 Å². The Morgan fingerprint density at radius 1 is 1.22 bits per heavy atom. The van der Waals surface area contributed by atoms with Gasteiger partial charge in [-0.3, -0.25) is 0 Å². The molecular formula is C21H20O6. The number of carbonyl (C=O) groups excluding carboxylic acids is 1. The normalized spacial score (nSPS) is 19.1. The molecule has 1 unspecified atom stereocenters. The van der Waals surface area contributed by atoms with Crippen molar-refractivity contribution in [3.63, 3.8) is 0 Å². The summed E-state index contributed by atoms with van der Waals surface area (Å²) in [6, 6.07) is 5.02. The van der Waals surface area contributed by atoms with E-state index < -0.39 is 17.7 Å². The van der Waals surface area contributed by atoms with Gasteiger partial charge in [-0.2, -0.15) is 0 Å². The molecule has 0 spiro atoms. The molecular weight excluding hydrogens is 348 g/mol. The number of benzene rings is 2. The molecule has 4 rings (SSSR count). The molecule has 0 aromatic heterocycles. The second-order valence-electron chi connectivity index (χ2n) is 7.28. The minimum absolute atomic E-state index is 0.0431. The maximum Gasteiger partial charge on any atom is 0.343 e. The van der Waals surface area contributed by atoms with Gasteiger partial charge in [-0.1, -0.05) is 6.08 Å². The van der Waals surface area contributed by atoms with Crippen molar-refractivity contribution in [3.8, 4) is 23.0 Å². The van der Waals surface area contributed by atoms with Crippen molar-refractivity contribution < 1.29 is 29.2 Å². The largest absolute Gasteiger partial charge is 0.507 e. The summed E-state index contributed by atoms with van der Waals surface area (Å²) in [5, 5.41) is 21.1. The summed E-state index contributed by atoms with van der Waals surface area (Å²) in [7, 11) is 1.42. The van der Waals surface area contributed by atoms with Crippen LogP contribution in [0.4, 0.5) is 0 Å². The van der Waals surface area contributed by atoms with Gasteiger partial charge in [-0.05, 0) is 50.6 Å². The van der Waals surface area contributed by atoms with Gasteiger partial charge in [0.25, 0.3) is 0 Å². The van der Waals surface area contributed by atoms with E-state index in [4.69, 9.17) is 14.2 Å². The average Bonchev–Trinajstić information content (AvgIpc) is 2.90. The summed E-state index contributed by atoms with van der Waals surface area (Å²) in [5.41, 5.74) is 1.74. The number of rotatable bonds is 2. The van der Waals surface area contributed by atoms with Crippen molar-refractivity contribution in [3.05, 3.63) is 52.1 Å². The molecule has 2 N–H and O–H groups in total. The quantitative estimate of drug-likeness (QED) is 0.783. The molecule has 0 bridgehead atoms. The Morgan fingerprint density at radius 2 is 1.96 bits per heavy atom. The van der Waals surface area contributed by atoms with Crippen LogP contribution in [0, 0.1) is 6.92 Å². The van der Waals surface area contributed by atoms with Crippen LogP contribution in [0.5, 0.6) is 23.0 Å². The number of phenolic OH excluding ortho intramolecular Hbond substituents is 2. The SMILES string of the molecule is COc1c(C)cc2c(c1O)C(=O)OC2c1c(O)ccc2c1OC(C)(C)C=C2. The predicted molar refractivity (Wildman–Crippen MR) is 98.5 cm³/mol. The molecule has 27 heavy (non-hydrogen) atoms. The molecule has 0 saturated heterocycles. The Bertz CT molecular complexity index is 1000. The highest BCUT2D eigenvalue weighted by Gasteiger charge is 2.41. The molecule has 0 amide bonds. The third kappa shape index (κ3) is 2.51. The highest BCUT2D eigenvalue weighted by atomic mass is 16.6. The summed E-state index contributed by atoms with van der Waals surface area (Å²) >= 11 is 0.